The van der Waals surface area contributed by atoms with Gasteiger partial charge >= 0.3 is 0 Å². The normalized spacial score (nSPS) is 17.2. The maximum Gasteiger partial charge on any atom is 0.285 e. The fourth-order valence-corrected chi connectivity index (χ4v) is 3.53. The van der Waals surface area contributed by atoms with Crippen LogP contribution in [-0.2, 0) is 4.79 Å². The SMILES string of the molecule is CC[N+](C)(C)C1(C(=O)Nc2c(C)cc(C)cc2C)CCC1. The van der Waals surface area contributed by atoms with Gasteiger partial charge < -0.3 is 9.80 Å². The molecule has 0 saturated heterocycles. The maximum atomic E-state index is 13.0. The van der Waals surface area contributed by atoms with E-state index < -0.39 is 0 Å². The largest absolute Gasteiger partial charge is 0.320 e. The van der Waals surface area contributed by atoms with Crippen LogP contribution in [0.4, 0.5) is 5.69 Å². The lowest BCUT2D eigenvalue weighted by Gasteiger charge is -2.52. The van der Waals surface area contributed by atoms with Crippen molar-refractivity contribution in [2.75, 3.05) is 26.0 Å². The van der Waals surface area contributed by atoms with Crippen molar-refractivity contribution in [1.29, 1.82) is 0 Å². The molecule has 0 aliphatic heterocycles. The van der Waals surface area contributed by atoms with Crippen LogP contribution in [0, 0.1) is 20.8 Å². The summed E-state index contributed by atoms with van der Waals surface area (Å²) < 4.78 is 0.767. The Morgan fingerprint density at radius 3 is 2.10 bits per heavy atom. The van der Waals surface area contributed by atoms with E-state index in [0.717, 1.165) is 47.1 Å². The van der Waals surface area contributed by atoms with Gasteiger partial charge in [0.25, 0.3) is 5.91 Å². The highest BCUT2D eigenvalue weighted by Crippen LogP contribution is 2.42. The van der Waals surface area contributed by atoms with Crippen molar-refractivity contribution in [1.82, 2.24) is 0 Å². The molecule has 1 N–H and O–H groups in total. The summed E-state index contributed by atoms with van der Waals surface area (Å²) in [5.74, 6) is 0.190. The van der Waals surface area contributed by atoms with Gasteiger partial charge in [0.05, 0.1) is 20.6 Å². The highest BCUT2D eigenvalue weighted by molar-refractivity contribution is 5.99. The van der Waals surface area contributed by atoms with Crippen molar-refractivity contribution in [3.8, 4) is 0 Å². The Morgan fingerprint density at radius 2 is 1.71 bits per heavy atom. The topological polar surface area (TPSA) is 29.1 Å². The van der Waals surface area contributed by atoms with Crippen molar-refractivity contribution in [2.24, 2.45) is 0 Å². The van der Waals surface area contributed by atoms with E-state index in [-0.39, 0.29) is 11.4 Å². The Balaban J connectivity index is 2.30. The number of anilines is 1. The molecule has 1 aliphatic carbocycles. The van der Waals surface area contributed by atoms with Gasteiger partial charge in [-0.2, -0.15) is 0 Å². The summed E-state index contributed by atoms with van der Waals surface area (Å²) in [5, 5.41) is 3.23. The Labute approximate surface area is 128 Å². The second kappa shape index (κ2) is 5.45. The van der Waals surface area contributed by atoms with E-state index in [0.29, 0.717) is 0 Å². The van der Waals surface area contributed by atoms with Crippen molar-refractivity contribution < 1.29 is 9.28 Å². The lowest BCUT2D eigenvalue weighted by molar-refractivity contribution is -0.936. The Morgan fingerprint density at radius 1 is 1.19 bits per heavy atom. The first-order valence-corrected chi connectivity index (χ1v) is 7.96. The second-order valence-electron chi connectivity index (χ2n) is 7.11. The van der Waals surface area contributed by atoms with Crippen LogP contribution in [0.2, 0.25) is 0 Å². The predicted molar refractivity (Wildman–Crippen MR) is 88.5 cm³/mol. The zero-order valence-corrected chi connectivity index (χ0v) is 14.3. The van der Waals surface area contributed by atoms with Crippen LogP contribution in [0.15, 0.2) is 12.1 Å². The number of nitrogens with one attached hydrogen (secondary N) is 1. The zero-order chi connectivity index (χ0) is 15.8. The van der Waals surface area contributed by atoms with E-state index in [1.54, 1.807) is 0 Å². The minimum absolute atomic E-state index is 0.190. The number of carbonyl (C=O) groups is 1. The van der Waals surface area contributed by atoms with Gasteiger partial charge in [-0.1, -0.05) is 17.7 Å². The molecule has 3 heteroatoms. The van der Waals surface area contributed by atoms with Crippen LogP contribution in [0.5, 0.6) is 0 Å². The summed E-state index contributed by atoms with van der Waals surface area (Å²) in [6.07, 6.45) is 3.13. The molecule has 1 aliphatic rings. The number of hydrogen-bond acceptors (Lipinski definition) is 1. The van der Waals surface area contributed by atoms with Crippen molar-refractivity contribution in [3.63, 3.8) is 0 Å². The van der Waals surface area contributed by atoms with E-state index in [4.69, 9.17) is 0 Å². The van der Waals surface area contributed by atoms with Gasteiger partial charge in [-0.15, -0.1) is 0 Å². The molecular weight excluding hydrogens is 260 g/mol. The fourth-order valence-electron chi connectivity index (χ4n) is 3.53. The molecule has 3 nitrogen and oxygen atoms in total. The van der Waals surface area contributed by atoms with Gasteiger partial charge in [-0.05, 0) is 45.2 Å². The Kier molecular flexibility index (Phi) is 4.16. The number of aryl methyl sites for hydroxylation is 3. The molecule has 1 amide bonds. The molecule has 0 unspecified atom stereocenters. The second-order valence-corrected chi connectivity index (χ2v) is 7.11. The lowest BCUT2D eigenvalue weighted by Crippen LogP contribution is -2.69. The summed E-state index contributed by atoms with van der Waals surface area (Å²) in [6, 6.07) is 4.27. The number of nitrogens with zero attached hydrogens (tertiary/aromatic N) is 1. The third-order valence-electron chi connectivity index (χ3n) is 5.47. The van der Waals surface area contributed by atoms with Crippen LogP contribution < -0.4 is 5.32 Å². The van der Waals surface area contributed by atoms with Gasteiger partial charge in [0.1, 0.15) is 0 Å². The van der Waals surface area contributed by atoms with Crippen molar-refractivity contribution in [2.45, 2.75) is 52.5 Å². The molecule has 1 aromatic rings. The molecule has 116 valence electrons. The molecule has 21 heavy (non-hydrogen) atoms. The van der Waals surface area contributed by atoms with Gasteiger partial charge in [-0.3, -0.25) is 4.79 Å². The first-order chi connectivity index (χ1) is 9.73. The van der Waals surface area contributed by atoms with Crippen LogP contribution >= 0.6 is 0 Å². The molecule has 0 heterocycles. The van der Waals surface area contributed by atoms with E-state index in [1.165, 1.54) is 5.56 Å². The third-order valence-corrected chi connectivity index (χ3v) is 5.47. The summed E-state index contributed by atoms with van der Waals surface area (Å²) in [5.41, 5.74) is 4.28. The van der Waals surface area contributed by atoms with Crippen LogP contribution in [-0.4, -0.2) is 36.6 Å². The number of carbonyl (C=O) groups excluding carboxylic acids is 1. The standard InChI is InChI=1S/C18H28N2O/c1-7-20(5,6)18(9-8-10-18)17(21)19-16-14(3)11-13(2)12-15(16)4/h11-12H,7-10H2,1-6H3/p+1. The summed E-state index contributed by atoms with van der Waals surface area (Å²) >= 11 is 0. The van der Waals surface area contributed by atoms with Gasteiger partial charge in [0.15, 0.2) is 5.54 Å². The molecule has 1 saturated carbocycles. The fraction of sp³-hybridized carbons (Fsp3) is 0.611. The number of likely N-dealkylation sites (N-methyl/N-ethyl adjacent to an activating group) is 1. The van der Waals surface area contributed by atoms with E-state index >= 15 is 0 Å². The van der Waals surface area contributed by atoms with Crippen molar-refractivity contribution >= 4 is 11.6 Å². The van der Waals surface area contributed by atoms with Crippen LogP contribution in [0.25, 0.3) is 0 Å². The smallest absolute Gasteiger partial charge is 0.285 e. The molecule has 1 aromatic carbocycles. The number of quaternary nitrogens is 1. The third kappa shape index (κ3) is 2.59. The minimum atomic E-state index is -0.251. The average Bonchev–Trinajstić information content (AvgIpc) is 2.31. The molecule has 1 fully saturated rings. The molecule has 0 radical (unpaired) electrons. The minimum Gasteiger partial charge on any atom is -0.320 e. The molecule has 0 atom stereocenters. The molecule has 0 aromatic heterocycles. The number of benzene rings is 1. The summed E-state index contributed by atoms with van der Waals surface area (Å²) in [7, 11) is 4.35. The van der Waals surface area contributed by atoms with E-state index in [1.807, 2.05) is 0 Å². The monoisotopic (exact) mass is 289 g/mol. The molecule has 2 rings (SSSR count). The summed E-state index contributed by atoms with van der Waals surface area (Å²) in [6.45, 7) is 9.37. The molecular formula is C18H29N2O+. The van der Waals surface area contributed by atoms with Crippen LogP contribution in [0.3, 0.4) is 0 Å². The highest BCUT2D eigenvalue weighted by atomic mass is 16.2. The zero-order valence-electron chi connectivity index (χ0n) is 14.3. The average molecular weight is 289 g/mol. The predicted octanol–water partition coefficient (Wildman–Crippen LogP) is 3.57. The number of rotatable bonds is 4. The number of amides is 1. The van der Waals surface area contributed by atoms with Gasteiger partial charge in [0, 0.05) is 18.5 Å². The van der Waals surface area contributed by atoms with E-state index in [9.17, 15) is 4.79 Å². The Bertz CT molecular complexity index is 533. The van der Waals surface area contributed by atoms with Crippen molar-refractivity contribution in [3.05, 3.63) is 28.8 Å². The first kappa shape index (κ1) is 16.0. The Hall–Kier alpha value is -1.35. The van der Waals surface area contributed by atoms with E-state index in [2.05, 4.69) is 59.2 Å². The van der Waals surface area contributed by atoms with Gasteiger partial charge in [0.2, 0.25) is 0 Å². The van der Waals surface area contributed by atoms with Crippen LogP contribution in [0.1, 0.15) is 42.9 Å². The summed E-state index contributed by atoms with van der Waals surface area (Å²) in [4.78, 5) is 13.0. The maximum absolute atomic E-state index is 13.0. The lowest BCUT2D eigenvalue weighted by atomic mass is 9.73. The quantitative estimate of drug-likeness (QED) is 0.844. The molecule has 0 bridgehead atoms. The number of hydrogen-bond donors (Lipinski definition) is 1. The highest BCUT2D eigenvalue weighted by Gasteiger charge is 2.56. The molecule has 0 spiro atoms. The van der Waals surface area contributed by atoms with Gasteiger partial charge in [-0.25, -0.2) is 0 Å². The first-order valence-electron chi connectivity index (χ1n) is 7.96.